The molecule has 0 radical (unpaired) electrons. The lowest BCUT2D eigenvalue weighted by Crippen LogP contribution is -2.55. The lowest BCUT2D eigenvalue weighted by molar-refractivity contribution is -0.150. The molecule has 4 fully saturated rings. The highest BCUT2D eigenvalue weighted by atomic mass is 16.3. The van der Waals surface area contributed by atoms with E-state index in [-0.39, 0.29) is 5.41 Å². The molecule has 0 amide bonds. The average Bonchev–Trinajstić information content (AvgIpc) is 2.85. The Balaban J connectivity index is 1.61. The maximum atomic E-state index is 12.2. The average molecular weight is 333 g/mol. The van der Waals surface area contributed by atoms with Crippen LogP contribution in [0.15, 0.2) is 0 Å². The molecule has 136 valence electrons. The van der Waals surface area contributed by atoms with Crippen LogP contribution in [0.1, 0.15) is 85.5 Å². The van der Waals surface area contributed by atoms with Crippen LogP contribution in [0.2, 0.25) is 0 Å². The summed E-state index contributed by atoms with van der Waals surface area (Å²) in [5, 5.41) is 10.6. The Bertz CT molecular complexity index is 538. The number of Topliss-reactive ketones (excluding diaryl/α,β-unsaturated/α-hetero) is 1. The van der Waals surface area contributed by atoms with Gasteiger partial charge in [-0.3, -0.25) is 4.79 Å². The Labute approximate surface area is 147 Å². The van der Waals surface area contributed by atoms with E-state index in [1.54, 1.807) is 0 Å². The van der Waals surface area contributed by atoms with E-state index in [1.807, 2.05) is 13.8 Å². The summed E-state index contributed by atoms with van der Waals surface area (Å²) in [4.78, 5) is 12.2. The maximum absolute atomic E-state index is 12.2. The zero-order valence-electron chi connectivity index (χ0n) is 16.1. The van der Waals surface area contributed by atoms with E-state index in [0.717, 1.165) is 37.0 Å². The van der Waals surface area contributed by atoms with Crippen LogP contribution < -0.4 is 0 Å². The van der Waals surface area contributed by atoms with E-state index < -0.39 is 5.60 Å². The van der Waals surface area contributed by atoms with Crippen molar-refractivity contribution >= 4 is 5.78 Å². The summed E-state index contributed by atoms with van der Waals surface area (Å²) in [6.07, 6.45) is 10.8. The zero-order valence-corrected chi connectivity index (χ0v) is 16.1. The SMILES string of the molecule is CC(=O)[C@H]1CC[C@H]2[C@H]3CC[C@@H]4C[C@](C)(O)CC[C@]4(C)[C@H]3CC[C@]12C. The Morgan fingerprint density at radius 3 is 2.29 bits per heavy atom. The minimum Gasteiger partial charge on any atom is -0.390 e. The van der Waals surface area contributed by atoms with Crippen LogP contribution in [0.3, 0.4) is 0 Å². The zero-order chi connectivity index (χ0) is 17.3. The second-order valence-electron chi connectivity index (χ2n) is 10.6. The van der Waals surface area contributed by atoms with Crippen molar-refractivity contribution in [2.45, 2.75) is 91.1 Å². The molecule has 2 heteroatoms. The summed E-state index contributed by atoms with van der Waals surface area (Å²) in [6.45, 7) is 8.85. The third-order valence-electron chi connectivity index (χ3n) is 9.44. The first-order valence-electron chi connectivity index (χ1n) is 10.4. The van der Waals surface area contributed by atoms with E-state index in [9.17, 15) is 9.90 Å². The Morgan fingerprint density at radius 1 is 0.875 bits per heavy atom. The molecule has 0 saturated heterocycles. The number of ketones is 1. The maximum Gasteiger partial charge on any atom is 0.133 e. The molecule has 4 saturated carbocycles. The van der Waals surface area contributed by atoms with Crippen molar-refractivity contribution in [3.8, 4) is 0 Å². The standard InChI is InChI=1S/C22H36O2/c1-14(23)17-7-8-18-16-6-5-15-13-20(2,24)11-12-21(15,3)19(16)9-10-22(17,18)4/h15-19,24H,5-13H2,1-4H3/t15-,16-,17-,18+,19+,20-,21+,22-/m1/s1. The van der Waals surface area contributed by atoms with E-state index >= 15 is 0 Å². The molecule has 0 unspecified atom stereocenters. The van der Waals surface area contributed by atoms with Gasteiger partial charge in [-0.1, -0.05) is 13.8 Å². The molecular formula is C22H36O2. The number of carbonyl (C=O) groups excluding carboxylic acids is 1. The minimum atomic E-state index is -0.437. The van der Waals surface area contributed by atoms with Crippen LogP contribution in [-0.4, -0.2) is 16.5 Å². The number of fused-ring (bicyclic) bond motifs is 5. The molecule has 24 heavy (non-hydrogen) atoms. The Hall–Kier alpha value is -0.370. The second kappa shape index (κ2) is 5.32. The van der Waals surface area contributed by atoms with Gasteiger partial charge < -0.3 is 5.11 Å². The van der Waals surface area contributed by atoms with Crippen molar-refractivity contribution < 1.29 is 9.90 Å². The molecule has 1 N–H and O–H groups in total. The van der Waals surface area contributed by atoms with Crippen molar-refractivity contribution in [3.05, 3.63) is 0 Å². The monoisotopic (exact) mass is 332 g/mol. The molecule has 0 aromatic rings. The summed E-state index contributed by atoms with van der Waals surface area (Å²) in [6, 6.07) is 0. The topological polar surface area (TPSA) is 37.3 Å². The number of hydrogen-bond donors (Lipinski definition) is 1. The number of carbonyl (C=O) groups is 1. The van der Waals surface area contributed by atoms with Gasteiger partial charge >= 0.3 is 0 Å². The molecule has 0 spiro atoms. The van der Waals surface area contributed by atoms with Gasteiger partial charge in [0.05, 0.1) is 5.60 Å². The summed E-state index contributed by atoms with van der Waals surface area (Å²) in [5.74, 6) is 3.89. The molecule has 4 aliphatic carbocycles. The molecule has 0 aliphatic heterocycles. The van der Waals surface area contributed by atoms with Crippen molar-refractivity contribution in [3.63, 3.8) is 0 Å². The first kappa shape index (κ1) is 17.1. The summed E-state index contributed by atoms with van der Waals surface area (Å²) in [5.41, 5.74) is 0.268. The molecule has 0 aromatic carbocycles. The van der Waals surface area contributed by atoms with Gasteiger partial charge in [0.1, 0.15) is 5.78 Å². The van der Waals surface area contributed by atoms with Gasteiger partial charge in [0.25, 0.3) is 0 Å². The molecule has 8 atom stereocenters. The smallest absolute Gasteiger partial charge is 0.133 e. The van der Waals surface area contributed by atoms with Gasteiger partial charge in [-0.2, -0.15) is 0 Å². The van der Waals surface area contributed by atoms with E-state index in [0.29, 0.717) is 23.0 Å². The van der Waals surface area contributed by atoms with Gasteiger partial charge in [-0.15, -0.1) is 0 Å². The van der Waals surface area contributed by atoms with E-state index in [4.69, 9.17) is 0 Å². The molecular weight excluding hydrogens is 296 g/mol. The van der Waals surface area contributed by atoms with Crippen LogP contribution in [0.4, 0.5) is 0 Å². The van der Waals surface area contributed by atoms with Crippen molar-refractivity contribution in [1.82, 2.24) is 0 Å². The van der Waals surface area contributed by atoms with Gasteiger partial charge in [0.15, 0.2) is 0 Å². The fourth-order valence-electron chi connectivity index (χ4n) is 8.10. The molecule has 0 aromatic heterocycles. The lowest BCUT2D eigenvalue weighted by atomic mass is 9.44. The predicted molar refractivity (Wildman–Crippen MR) is 96.5 cm³/mol. The third kappa shape index (κ3) is 2.27. The number of hydrogen-bond acceptors (Lipinski definition) is 2. The minimum absolute atomic E-state index is 0.274. The highest BCUT2D eigenvalue weighted by molar-refractivity contribution is 5.79. The van der Waals surface area contributed by atoms with Crippen molar-refractivity contribution in [1.29, 1.82) is 0 Å². The molecule has 0 bridgehead atoms. The van der Waals surface area contributed by atoms with E-state index in [1.165, 1.54) is 38.5 Å². The van der Waals surface area contributed by atoms with Crippen molar-refractivity contribution in [2.24, 2.45) is 40.4 Å². The van der Waals surface area contributed by atoms with Crippen LogP contribution in [0.25, 0.3) is 0 Å². The normalized spacial score (nSPS) is 57.0. The Kier molecular flexibility index (Phi) is 3.78. The van der Waals surface area contributed by atoms with E-state index in [2.05, 4.69) is 13.8 Å². The molecule has 4 rings (SSSR count). The third-order valence-corrected chi connectivity index (χ3v) is 9.44. The first-order chi connectivity index (χ1) is 11.2. The molecule has 0 heterocycles. The van der Waals surface area contributed by atoms with Crippen LogP contribution >= 0.6 is 0 Å². The van der Waals surface area contributed by atoms with Crippen molar-refractivity contribution in [2.75, 3.05) is 0 Å². The number of aliphatic hydroxyl groups is 1. The number of rotatable bonds is 1. The lowest BCUT2D eigenvalue weighted by Gasteiger charge is -2.61. The van der Waals surface area contributed by atoms with Gasteiger partial charge in [0.2, 0.25) is 0 Å². The molecule has 2 nitrogen and oxygen atoms in total. The predicted octanol–water partition coefficient (Wildman–Crippen LogP) is 4.99. The second-order valence-corrected chi connectivity index (χ2v) is 10.6. The van der Waals surface area contributed by atoms with Crippen LogP contribution in [0, 0.1) is 40.4 Å². The summed E-state index contributed by atoms with van der Waals surface area (Å²) < 4.78 is 0. The Morgan fingerprint density at radius 2 is 1.58 bits per heavy atom. The summed E-state index contributed by atoms with van der Waals surface area (Å²) >= 11 is 0. The van der Waals surface area contributed by atoms with Gasteiger partial charge in [0, 0.05) is 5.92 Å². The fourth-order valence-corrected chi connectivity index (χ4v) is 8.10. The van der Waals surface area contributed by atoms with Crippen LogP contribution in [0.5, 0.6) is 0 Å². The molecule has 4 aliphatic rings. The first-order valence-corrected chi connectivity index (χ1v) is 10.4. The van der Waals surface area contributed by atoms with Gasteiger partial charge in [-0.25, -0.2) is 0 Å². The largest absolute Gasteiger partial charge is 0.390 e. The van der Waals surface area contributed by atoms with Crippen LogP contribution in [-0.2, 0) is 4.79 Å². The highest BCUT2D eigenvalue weighted by Crippen LogP contribution is 2.68. The fraction of sp³-hybridized carbons (Fsp3) is 0.955. The summed E-state index contributed by atoms with van der Waals surface area (Å²) in [7, 11) is 0. The highest BCUT2D eigenvalue weighted by Gasteiger charge is 2.61. The quantitative estimate of drug-likeness (QED) is 0.735. The van der Waals surface area contributed by atoms with Gasteiger partial charge in [-0.05, 0) is 106 Å².